The second kappa shape index (κ2) is 5.43. The highest BCUT2D eigenvalue weighted by Crippen LogP contribution is 2.25. The summed E-state index contributed by atoms with van der Waals surface area (Å²) in [6.07, 6.45) is 4.54. The lowest BCUT2D eigenvalue weighted by Gasteiger charge is -2.34. The average Bonchev–Trinajstić information content (AvgIpc) is 2.33. The van der Waals surface area contributed by atoms with Gasteiger partial charge in [0.05, 0.1) is 0 Å². The molecule has 1 aliphatic rings. The second-order valence-electron chi connectivity index (χ2n) is 5.28. The van der Waals surface area contributed by atoms with Gasteiger partial charge in [-0.2, -0.15) is 0 Å². The summed E-state index contributed by atoms with van der Waals surface area (Å²) in [4.78, 5) is 19.3. The standard InChI is InChI=1S/C13H20BrN3O/c1-9(2)17-7-5-15-12(13(17)18)16-6-4-11(14)10(3)8-16/h5,7,9-11H,4,6,8H2,1-3H3. The van der Waals surface area contributed by atoms with Crippen LogP contribution >= 0.6 is 15.9 Å². The molecule has 0 amide bonds. The Balaban J connectivity index is 2.29. The molecule has 5 heteroatoms. The van der Waals surface area contributed by atoms with Gasteiger partial charge in [-0.05, 0) is 26.2 Å². The summed E-state index contributed by atoms with van der Waals surface area (Å²) < 4.78 is 1.74. The first-order chi connectivity index (χ1) is 8.50. The van der Waals surface area contributed by atoms with Gasteiger partial charge in [0, 0.05) is 36.4 Å². The minimum absolute atomic E-state index is 0.0210. The highest BCUT2D eigenvalue weighted by molar-refractivity contribution is 9.09. The summed E-state index contributed by atoms with van der Waals surface area (Å²) in [6, 6.07) is 0.172. The summed E-state index contributed by atoms with van der Waals surface area (Å²) in [6.45, 7) is 8.01. The molecule has 1 aromatic rings. The molecular formula is C13H20BrN3O. The predicted octanol–water partition coefficient (Wildman–Crippen LogP) is 2.43. The maximum Gasteiger partial charge on any atom is 0.293 e. The SMILES string of the molecule is CC1CN(c2nccn(C(C)C)c2=O)CCC1Br. The Labute approximate surface area is 116 Å². The quantitative estimate of drug-likeness (QED) is 0.787. The molecular weight excluding hydrogens is 294 g/mol. The molecule has 2 rings (SSSR count). The van der Waals surface area contributed by atoms with Gasteiger partial charge in [-0.15, -0.1) is 0 Å². The minimum Gasteiger partial charge on any atom is -0.352 e. The van der Waals surface area contributed by atoms with Crippen LogP contribution in [0.3, 0.4) is 0 Å². The molecule has 4 nitrogen and oxygen atoms in total. The van der Waals surface area contributed by atoms with E-state index in [1.54, 1.807) is 17.0 Å². The summed E-state index contributed by atoms with van der Waals surface area (Å²) >= 11 is 3.68. The van der Waals surface area contributed by atoms with Gasteiger partial charge in [-0.1, -0.05) is 22.9 Å². The normalized spacial score (nSPS) is 24.6. The predicted molar refractivity (Wildman–Crippen MR) is 77.6 cm³/mol. The number of rotatable bonds is 2. The Hall–Kier alpha value is -0.840. The molecule has 0 spiro atoms. The smallest absolute Gasteiger partial charge is 0.293 e. The molecule has 1 aliphatic heterocycles. The van der Waals surface area contributed by atoms with Crippen molar-refractivity contribution < 1.29 is 0 Å². The van der Waals surface area contributed by atoms with E-state index in [0.717, 1.165) is 19.5 Å². The first kappa shape index (κ1) is 13.6. The fourth-order valence-corrected chi connectivity index (χ4v) is 2.72. The highest BCUT2D eigenvalue weighted by atomic mass is 79.9. The van der Waals surface area contributed by atoms with Gasteiger partial charge in [-0.3, -0.25) is 4.79 Å². The summed E-state index contributed by atoms with van der Waals surface area (Å²) in [5, 5.41) is 0. The maximum atomic E-state index is 12.3. The van der Waals surface area contributed by atoms with Crippen molar-refractivity contribution in [1.29, 1.82) is 0 Å². The van der Waals surface area contributed by atoms with Gasteiger partial charge < -0.3 is 9.47 Å². The molecule has 2 heterocycles. The zero-order chi connectivity index (χ0) is 13.3. The lowest BCUT2D eigenvalue weighted by molar-refractivity contribution is 0.459. The molecule has 100 valence electrons. The molecule has 0 N–H and O–H groups in total. The van der Waals surface area contributed by atoms with Crippen molar-refractivity contribution in [3.05, 3.63) is 22.7 Å². The van der Waals surface area contributed by atoms with Crippen molar-refractivity contribution in [3.63, 3.8) is 0 Å². The number of hydrogen-bond donors (Lipinski definition) is 0. The Kier molecular flexibility index (Phi) is 4.10. The summed E-state index contributed by atoms with van der Waals surface area (Å²) in [5.74, 6) is 1.13. The Morgan fingerprint density at radius 2 is 2.22 bits per heavy atom. The van der Waals surface area contributed by atoms with Crippen LogP contribution in [0.5, 0.6) is 0 Å². The Bertz CT molecular complexity index is 472. The largest absolute Gasteiger partial charge is 0.352 e. The van der Waals surface area contributed by atoms with Crippen molar-refractivity contribution in [2.45, 2.75) is 38.1 Å². The van der Waals surface area contributed by atoms with E-state index in [4.69, 9.17) is 0 Å². The third-order valence-electron chi connectivity index (χ3n) is 3.51. The molecule has 2 unspecified atom stereocenters. The molecule has 0 saturated carbocycles. The number of aromatic nitrogens is 2. The van der Waals surface area contributed by atoms with Crippen LogP contribution < -0.4 is 10.5 Å². The van der Waals surface area contributed by atoms with E-state index in [1.807, 2.05) is 13.8 Å². The zero-order valence-electron chi connectivity index (χ0n) is 11.1. The number of alkyl halides is 1. The summed E-state index contributed by atoms with van der Waals surface area (Å²) in [5.41, 5.74) is 0.0210. The zero-order valence-corrected chi connectivity index (χ0v) is 12.7. The average molecular weight is 314 g/mol. The van der Waals surface area contributed by atoms with Crippen LogP contribution in [0.1, 0.15) is 33.2 Å². The van der Waals surface area contributed by atoms with Crippen molar-refractivity contribution in [3.8, 4) is 0 Å². The van der Waals surface area contributed by atoms with E-state index in [9.17, 15) is 4.79 Å². The van der Waals surface area contributed by atoms with Gasteiger partial charge in [0.15, 0.2) is 5.82 Å². The third kappa shape index (κ3) is 2.60. The second-order valence-corrected chi connectivity index (χ2v) is 6.46. The first-order valence-corrected chi connectivity index (χ1v) is 7.38. The molecule has 2 atom stereocenters. The van der Waals surface area contributed by atoms with Gasteiger partial charge in [0.2, 0.25) is 0 Å². The lowest BCUT2D eigenvalue weighted by Crippen LogP contribution is -2.43. The Morgan fingerprint density at radius 1 is 1.50 bits per heavy atom. The molecule has 18 heavy (non-hydrogen) atoms. The van der Waals surface area contributed by atoms with Crippen LogP contribution in [-0.4, -0.2) is 27.5 Å². The number of nitrogens with zero attached hydrogens (tertiary/aromatic N) is 3. The molecule has 0 aromatic carbocycles. The van der Waals surface area contributed by atoms with Crippen LogP contribution in [-0.2, 0) is 0 Å². The number of piperidine rings is 1. The lowest BCUT2D eigenvalue weighted by atomic mass is 10.0. The van der Waals surface area contributed by atoms with Crippen molar-refractivity contribution in [2.24, 2.45) is 5.92 Å². The number of hydrogen-bond acceptors (Lipinski definition) is 3. The minimum atomic E-state index is 0.0210. The molecule has 1 saturated heterocycles. The van der Waals surface area contributed by atoms with Gasteiger partial charge in [-0.25, -0.2) is 4.98 Å². The molecule has 1 fully saturated rings. The van der Waals surface area contributed by atoms with Gasteiger partial charge in [0.25, 0.3) is 5.56 Å². The van der Waals surface area contributed by atoms with E-state index in [-0.39, 0.29) is 11.6 Å². The highest BCUT2D eigenvalue weighted by Gasteiger charge is 2.26. The molecule has 0 aliphatic carbocycles. The van der Waals surface area contributed by atoms with Crippen molar-refractivity contribution in [1.82, 2.24) is 9.55 Å². The van der Waals surface area contributed by atoms with Crippen LogP contribution in [0.2, 0.25) is 0 Å². The van der Waals surface area contributed by atoms with Crippen molar-refractivity contribution >= 4 is 21.7 Å². The Morgan fingerprint density at radius 3 is 2.83 bits per heavy atom. The van der Waals surface area contributed by atoms with E-state index in [1.165, 1.54) is 0 Å². The maximum absolute atomic E-state index is 12.3. The van der Waals surface area contributed by atoms with Crippen LogP contribution in [0, 0.1) is 5.92 Å². The van der Waals surface area contributed by atoms with Gasteiger partial charge >= 0.3 is 0 Å². The first-order valence-electron chi connectivity index (χ1n) is 6.47. The molecule has 0 bridgehead atoms. The van der Waals surface area contributed by atoms with Crippen molar-refractivity contribution in [2.75, 3.05) is 18.0 Å². The van der Waals surface area contributed by atoms with Crippen LogP contribution in [0.15, 0.2) is 17.2 Å². The molecule has 1 aromatic heterocycles. The third-order valence-corrected chi connectivity index (χ3v) is 4.87. The molecule has 0 radical (unpaired) electrons. The topological polar surface area (TPSA) is 38.1 Å². The van der Waals surface area contributed by atoms with E-state index in [2.05, 4.69) is 32.7 Å². The van der Waals surface area contributed by atoms with E-state index >= 15 is 0 Å². The van der Waals surface area contributed by atoms with E-state index in [0.29, 0.717) is 16.6 Å². The fraction of sp³-hybridized carbons (Fsp3) is 0.692. The monoisotopic (exact) mass is 313 g/mol. The van der Waals surface area contributed by atoms with Crippen LogP contribution in [0.25, 0.3) is 0 Å². The summed E-state index contributed by atoms with van der Waals surface area (Å²) in [7, 11) is 0. The number of anilines is 1. The van der Waals surface area contributed by atoms with E-state index < -0.39 is 0 Å². The van der Waals surface area contributed by atoms with Crippen LogP contribution in [0.4, 0.5) is 5.82 Å². The number of halogens is 1. The van der Waals surface area contributed by atoms with Gasteiger partial charge in [0.1, 0.15) is 0 Å². The fourth-order valence-electron chi connectivity index (χ4n) is 2.35.